The number of hydrogen-bond donors (Lipinski definition) is 1. The van der Waals surface area contributed by atoms with E-state index in [1.54, 1.807) is 0 Å². The van der Waals surface area contributed by atoms with Crippen molar-refractivity contribution in [1.82, 2.24) is 5.32 Å². The molecule has 2 nitrogen and oxygen atoms in total. The molecule has 1 aliphatic heterocycles. The Labute approximate surface area is 81.4 Å². The number of nitrogens with one attached hydrogen (secondary N) is 1. The summed E-state index contributed by atoms with van der Waals surface area (Å²) in [6.45, 7) is 8.34. The lowest BCUT2D eigenvalue weighted by molar-refractivity contribution is 0.0666. The van der Waals surface area contributed by atoms with E-state index in [2.05, 4.69) is 25.2 Å². The van der Waals surface area contributed by atoms with Crippen molar-refractivity contribution in [3.8, 4) is 0 Å². The summed E-state index contributed by atoms with van der Waals surface area (Å²) in [4.78, 5) is 0. The minimum atomic E-state index is 0.833. The van der Waals surface area contributed by atoms with Gasteiger partial charge in [-0.1, -0.05) is 11.6 Å². The lowest BCUT2D eigenvalue weighted by Gasteiger charge is -2.21. The highest BCUT2D eigenvalue weighted by Crippen LogP contribution is 2.12. The molecular weight excluding hydrogens is 162 g/mol. The molecule has 0 aromatic rings. The highest BCUT2D eigenvalue weighted by molar-refractivity contribution is 4.94. The van der Waals surface area contributed by atoms with Crippen LogP contribution in [0.2, 0.25) is 0 Å². The van der Waals surface area contributed by atoms with Crippen molar-refractivity contribution >= 4 is 0 Å². The maximum absolute atomic E-state index is 5.30. The molecule has 0 aliphatic carbocycles. The van der Waals surface area contributed by atoms with Gasteiger partial charge in [-0.25, -0.2) is 0 Å². The Morgan fingerprint density at radius 3 is 2.69 bits per heavy atom. The summed E-state index contributed by atoms with van der Waals surface area (Å²) in [5, 5.41) is 3.45. The monoisotopic (exact) mass is 183 g/mol. The summed E-state index contributed by atoms with van der Waals surface area (Å²) < 4.78 is 5.30. The van der Waals surface area contributed by atoms with Crippen molar-refractivity contribution in [3.05, 3.63) is 11.6 Å². The Morgan fingerprint density at radius 1 is 1.38 bits per heavy atom. The third-order valence-electron chi connectivity index (χ3n) is 2.43. The van der Waals surface area contributed by atoms with Crippen molar-refractivity contribution in [2.45, 2.75) is 26.7 Å². The summed E-state index contributed by atoms with van der Waals surface area (Å²) in [6, 6.07) is 0. The van der Waals surface area contributed by atoms with E-state index in [1.807, 2.05) is 0 Å². The van der Waals surface area contributed by atoms with Crippen LogP contribution in [0.3, 0.4) is 0 Å². The first kappa shape index (κ1) is 10.7. The Hall–Kier alpha value is -0.340. The topological polar surface area (TPSA) is 21.3 Å². The fourth-order valence-corrected chi connectivity index (χ4v) is 1.51. The van der Waals surface area contributed by atoms with Crippen LogP contribution in [0.4, 0.5) is 0 Å². The first-order chi connectivity index (χ1) is 6.29. The van der Waals surface area contributed by atoms with Crippen LogP contribution in [0.15, 0.2) is 11.6 Å². The van der Waals surface area contributed by atoms with Crippen LogP contribution >= 0.6 is 0 Å². The molecule has 1 rings (SSSR count). The van der Waals surface area contributed by atoms with Crippen LogP contribution in [0, 0.1) is 5.92 Å². The fraction of sp³-hybridized carbons (Fsp3) is 0.818. The van der Waals surface area contributed by atoms with Crippen molar-refractivity contribution in [2.75, 3.05) is 26.3 Å². The molecule has 76 valence electrons. The lowest BCUT2D eigenvalue weighted by Crippen LogP contribution is -2.27. The number of rotatable bonds is 4. The molecule has 1 aliphatic rings. The average Bonchev–Trinajstić information content (AvgIpc) is 2.14. The van der Waals surface area contributed by atoms with Gasteiger partial charge in [-0.05, 0) is 39.2 Å². The van der Waals surface area contributed by atoms with Gasteiger partial charge in [-0.3, -0.25) is 0 Å². The van der Waals surface area contributed by atoms with E-state index < -0.39 is 0 Å². The molecule has 1 heterocycles. The molecule has 13 heavy (non-hydrogen) atoms. The Kier molecular flexibility index (Phi) is 5.09. The molecule has 1 saturated heterocycles. The molecule has 0 atom stereocenters. The predicted octanol–water partition coefficient (Wildman–Crippen LogP) is 1.97. The summed E-state index contributed by atoms with van der Waals surface area (Å²) in [5.74, 6) is 0.833. The van der Waals surface area contributed by atoms with Crippen LogP contribution in [0.1, 0.15) is 26.7 Å². The van der Waals surface area contributed by atoms with E-state index in [0.717, 1.165) is 32.2 Å². The lowest BCUT2D eigenvalue weighted by atomic mass is 10.0. The Balaban J connectivity index is 2.01. The SMILES string of the molecule is CC(C)=CCNCC1CCOCC1. The first-order valence-electron chi connectivity index (χ1n) is 5.21. The van der Waals surface area contributed by atoms with Crippen LogP contribution < -0.4 is 5.32 Å². The number of ether oxygens (including phenoxy) is 1. The van der Waals surface area contributed by atoms with Crippen LogP contribution in [-0.2, 0) is 4.74 Å². The first-order valence-corrected chi connectivity index (χ1v) is 5.21. The van der Waals surface area contributed by atoms with Crippen molar-refractivity contribution in [2.24, 2.45) is 5.92 Å². The summed E-state index contributed by atoms with van der Waals surface area (Å²) in [6.07, 6.45) is 4.68. The van der Waals surface area contributed by atoms with E-state index in [0.29, 0.717) is 0 Å². The average molecular weight is 183 g/mol. The van der Waals surface area contributed by atoms with E-state index in [4.69, 9.17) is 4.74 Å². The summed E-state index contributed by atoms with van der Waals surface area (Å²) >= 11 is 0. The van der Waals surface area contributed by atoms with Gasteiger partial charge in [0.2, 0.25) is 0 Å². The van der Waals surface area contributed by atoms with E-state index >= 15 is 0 Å². The Bertz CT molecular complexity index is 155. The second-order valence-electron chi connectivity index (χ2n) is 4.00. The second-order valence-corrected chi connectivity index (χ2v) is 4.00. The van der Waals surface area contributed by atoms with Gasteiger partial charge in [0.05, 0.1) is 0 Å². The van der Waals surface area contributed by atoms with Gasteiger partial charge in [0.1, 0.15) is 0 Å². The molecule has 0 spiro atoms. The van der Waals surface area contributed by atoms with E-state index in [9.17, 15) is 0 Å². The van der Waals surface area contributed by atoms with Gasteiger partial charge in [0, 0.05) is 19.8 Å². The molecular formula is C11H21NO. The van der Waals surface area contributed by atoms with Crippen molar-refractivity contribution in [3.63, 3.8) is 0 Å². The standard InChI is InChI=1S/C11H21NO/c1-10(2)3-6-12-9-11-4-7-13-8-5-11/h3,11-12H,4-9H2,1-2H3. The van der Waals surface area contributed by atoms with Gasteiger partial charge >= 0.3 is 0 Å². The van der Waals surface area contributed by atoms with Crippen LogP contribution in [-0.4, -0.2) is 26.3 Å². The molecule has 0 saturated carbocycles. The maximum atomic E-state index is 5.30. The highest BCUT2D eigenvalue weighted by atomic mass is 16.5. The minimum Gasteiger partial charge on any atom is -0.381 e. The second kappa shape index (κ2) is 6.17. The zero-order chi connectivity index (χ0) is 9.52. The quantitative estimate of drug-likeness (QED) is 0.531. The minimum absolute atomic E-state index is 0.833. The molecule has 0 unspecified atom stereocenters. The maximum Gasteiger partial charge on any atom is 0.0469 e. The largest absolute Gasteiger partial charge is 0.381 e. The summed E-state index contributed by atoms with van der Waals surface area (Å²) in [5.41, 5.74) is 1.39. The number of hydrogen-bond acceptors (Lipinski definition) is 2. The molecule has 0 amide bonds. The van der Waals surface area contributed by atoms with Crippen LogP contribution in [0.25, 0.3) is 0 Å². The van der Waals surface area contributed by atoms with E-state index in [1.165, 1.54) is 18.4 Å². The normalized spacial score (nSPS) is 18.6. The van der Waals surface area contributed by atoms with Crippen molar-refractivity contribution < 1.29 is 4.74 Å². The zero-order valence-corrected chi connectivity index (χ0v) is 8.81. The van der Waals surface area contributed by atoms with Crippen LogP contribution in [0.5, 0.6) is 0 Å². The third kappa shape index (κ3) is 5.06. The molecule has 0 radical (unpaired) electrons. The zero-order valence-electron chi connectivity index (χ0n) is 8.81. The third-order valence-corrected chi connectivity index (χ3v) is 2.43. The summed E-state index contributed by atoms with van der Waals surface area (Å²) in [7, 11) is 0. The highest BCUT2D eigenvalue weighted by Gasteiger charge is 2.12. The Morgan fingerprint density at radius 2 is 2.08 bits per heavy atom. The van der Waals surface area contributed by atoms with Crippen molar-refractivity contribution in [1.29, 1.82) is 0 Å². The van der Waals surface area contributed by atoms with Gasteiger partial charge in [-0.2, -0.15) is 0 Å². The van der Waals surface area contributed by atoms with Gasteiger partial charge in [0.15, 0.2) is 0 Å². The molecule has 1 fully saturated rings. The molecule has 0 bridgehead atoms. The molecule has 1 N–H and O–H groups in total. The van der Waals surface area contributed by atoms with Gasteiger partial charge in [-0.15, -0.1) is 0 Å². The van der Waals surface area contributed by atoms with E-state index in [-0.39, 0.29) is 0 Å². The van der Waals surface area contributed by atoms with Gasteiger partial charge < -0.3 is 10.1 Å². The predicted molar refractivity (Wildman–Crippen MR) is 55.8 cm³/mol. The fourth-order valence-electron chi connectivity index (χ4n) is 1.51. The smallest absolute Gasteiger partial charge is 0.0469 e. The molecule has 0 aromatic heterocycles. The molecule has 0 aromatic carbocycles. The number of allylic oxidation sites excluding steroid dienone is 1. The molecule has 2 heteroatoms. The van der Waals surface area contributed by atoms with Gasteiger partial charge in [0.25, 0.3) is 0 Å².